The number of unbranched alkanes of at least 4 members (excludes halogenated alkanes) is 15. The molecule has 0 aliphatic rings. The first-order valence-corrected chi connectivity index (χ1v) is 15.2. The van der Waals surface area contributed by atoms with E-state index in [1.165, 1.54) is 102 Å². The number of hydrogen-bond donors (Lipinski definition) is 1. The molecule has 3 nitrogen and oxygen atoms in total. The van der Waals surface area contributed by atoms with E-state index in [0.29, 0.717) is 3.57 Å². The highest BCUT2D eigenvalue weighted by Crippen LogP contribution is 2.29. The van der Waals surface area contributed by atoms with Gasteiger partial charge in [-0.2, -0.15) is 0 Å². The number of carbonyl (C=O) groups is 1. The maximum atomic E-state index is 11.7. The number of fused-ring (bicyclic) bond motifs is 1. The highest BCUT2D eigenvalue weighted by atomic mass is 127. The van der Waals surface area contributed by atoms with Crippen LogP contribution in [0, 0.1) is 3.57 Å². The minimum absolute atomic E-state index is 0.226. The molecule has 2 aromatic carbocycles. The van der Waals surface area contributed by atoms with Crippen molar-refractivity contribution in [1.29, 1.82) is 0 Å². The Bertz CT molecular complexity index is 846. The average Bonchev–Trinajstić information content (AvgIpc) is 2.82. The molecule has 4 heteroatoms. The summed E-state index contributed by atoms with van der Waals surface area (Å²) in [5, 5.41) is 11.3. The fourth-order valence-electron chi connectivity index (χ4n) is 4.76. The molecule has 0 saturated heterocycles. The zero-order chi connectivity index (χ0) is 23.7. The number of halogens is 1. The normalized spacial score (nSPS) is 11.3. The third kappa shape index (κ3) is 10.2. The highest BCUT2D eigenvalue weighted by molar-refractivity contribution is 14.1. The van der Waals surface area contributed by atoms with Crippen molar-refractivity contribution in [2.24, 2.45) is 0 Å². The summed E-state index contributed by atoms with van der Waals surface area (Å²) in [7, 11) is 0. The Balaban J connectivity index is 1.57. The van der Waals surface area contributed by atoms with E-state index in [1.807, 2.05) is 18.2 Å². The van der Waals surface area contributed by atoms with Crippen molar-refractivity contribution in [2.45, 2.75) is 116 Å². The Kier molecular flexibility index (Phi) is 14.5. The SMILES string of the molecule is CCCCCCCCCCCCCCCCCCc1cccc2c(C(=O)O)c(I=O)ccc12. The summed E-state index contributed by atoms with van der Waals surface area (Å²) in [5.41, 5.74) is 1.43. The van der Waals surface area contributed by atoms with Crippen molar-refractivity contribution >= 4 is 37.9 Å². The maximum absolute atomic E-state index is 11.7. The predicted molar refractivity (Wildman–Crippen MR) is 148 cm³/mol. The van der Waals surface area contributed by atoms with Crippen molar-refractivity contribution in [2.75, 3.05) is 0 Å². The molecule has 0 spiro atoms. The molecule has 0 aromatic heterocycles. The number of aromatic carboxylic acids is 1. The molecule has 0 saturated carbocycles. The molecule has 2 aromatic rings. The van der Waals surface area contributed by atoms with Crippen LogP contribution in [0.4, 0.5) is 0 Å². The molecule has 184 valence electrons. The van der Waals surface area contributed by atoms with Gasteiger partial charge in [0.25, 0.3) is 0 Å². The van der Waals surface area contributed by atoms with Gasteiger partial charge < -0.3 is 5.11 Å². The molecule has 0 heterocycles. The van der Waals surface area contributed by atoms with Crippen molar-refractivity contribution in [3.05, 3.63) is 45.0 Å². The van der Waals surface area contributed by atoms with Crippen LogP contribution in [0.15, 0.2) is 30.3 Å². The summed E-state index contributed by atoms with van der Waals surface area (Å²) in [6, 6.07) is 9.58. The molecule has 0 fully saturated rings. The van der Waals surface area contributed by atoms with Gasteiger partial charge in [0.2, 0.25) is 0 Å². The van der Waals surface area contributed by atoms with Crippen molar-refractivity contribution in [3.8, 4) is 0 Å². The van der Waals surface area contributed by atoms with Crippen LogP contribution in [0.3, 0.4) is 0 Å². The first-order chi connectivity index (χ1) is 16.2. The standard InChI is InChI=1S/C29H43IO3/c1-2-3-4-5-6-7-8-9-10-11-12-13-14-15-16-17-19-24-20-18-21-26-25(24)22-23-27(30-33)28(26)29(31)32/h18,20-23H,2-17,19H2,1H3,(H,31,32). The Morgan fingerprint density at radius 3 is 1.70 bits per heavy atom. The summed E-state index contributed by atoms with van der Waals surface area (Å²) < 4.78 is 11.9. The molecule has 0 atom stereocenters. The van der Waals surface area contributed by atoms with Gasteiger partial charge >= 0.3 is 5.97 Å². The number of carboxylic acid groups (broad SMARTS) is 1. The Hall–Kier alpha value is -1.30. The van der Waals surface area contributed by atoms with Gasteiger partial charge in [-0.05, 0) is 35.2 Å². The molecule has 1 N–H and O–H groups in total. The van der Waals surface area contributed by atoms with Crippen LogP contribution in [-0.4, -0.2) is 11.1 Å². The van der Waals surface area contributed by atoms with Crippen molar-refractivity contribution in [1.82, 2.24) is 0 Å². The van der Waals surface area contributed by atoms with Crippen LogP contribution in [0.25, 0.3) is 10.8 Å². The summed E-state index contributed by atoms with van der Waals surface area (Å²) in [6.07, 6.45) is 22.8. The predicted octanol–water partition coefficient (Wildman–Crippen LogP) is 9.83. The topological polar surface area (TPSA) is 54.4 Å². The van der Waals surface area contributed by atoms with E-state index < -0.39 is 27.2 Å². The van der Waals surface area contributed by atoms with Gasteiger partial charge in [0.15, 0.2) is 21.2 Å². The van der Waals surface area contributed by atoms with Crippen LogP contribution >= 0.6 is 21.2 Å². The van der Waals surface area contributed by atoms with E-state index in [9.17, 15) is 13.0 Å². The second kappa shape index (κ2) is 17.2. The van der Waals surface area contributed by atoms with Crippen molar-refractivity contribution < 1.29 is 13.0 Å². The minimum Gasteiger partial charge on any atom is -0.478 e. The lowest BCUT2D eigenvalue weighted by molar-refractivity contribution is 0.0698. The molecular weight excluding hydrogens is 523 g/mol. The van der Waals surface area contributed by atoms with Gasteiger partial charge in [0.1, 0.15) is 0 Å². The Morgan fingerprint density at radius 1 is 0.697 bits per heavy atom. The summed E-state index contributed by atoms with van der Waals surface area (Å²) in [4.78, 5) is 11.7. The van der Waals surface area contributed by atoms with E-state index >= 15 is 0 Å². The second-order valence-corrected chi connectivity index (χ2v) is 11.0. The van der Waals surface area contributed by atoms with E-state index in [4.69, 9.17) is 0 Å². The second-order valence-electron chi connectivity index (χ2n) is 9.37. The van der Waals surface area contributed by atoms with Gasteiger partial charge in [-0.1, -0.05) is 128 Å². The van der Waals surface area contributed by atoms with Crippen LogP contribution < -0.4 is 0 Å². The number of rotatable bonds is 19. The molecule has 0 bridgehead atoms. The number of carboxylic acids is 1. The lowest BCUT2D eigenvalue weighted by Gasteiger charge is -2.10. The molecule has 0 radical (unpaired) electrons. The fraction of sp³-hybridized carbons (Fsp3) is 0.621. The molecule has 0 unspecified atom stereocenters. The molecule has 0 amide bonds. The number of benzene rings is 2. The van der Waals surface area contributed by atoms with Crippen LogP contribution in [-0.2, 0) is 9.49 Å². The molecule has 0 aliphatic heterocycles. The third-order valence-electron chi connectivity index (χ3n) is 6.70. The summed E-state index contributed by atoms with van der Waals surface area (Å²) in [6.45, 7) is 2.28. The number of hydrogen-bond acceptors (Lipinski definition) is 2. The van der Waals surface area contributed by atoms with E-state index in [1.54, 1.807) is 6.07 Å². The Labute approximate surface area is 211 Å². The third-order valence-corrected chi connectivity index (χ3v) is 8.07. The van der Waals surface area contributed by atoms with E-state index in [2.05, 4.69) is 13.0 Å². The van der Waals surface area contributed by atoms with Gasteiger partial charge in [0.05, 0.1) is 9.13 Å². The lowest BCUT2D eigenvalue weighted by Crippen LogP contribution is -2.02. The monoisotopic (exact) mass is 566 g/mol. The van der Waals surface area contributed by atoms with Crippen molar-refractivity contribution in [3.63, 3.8) is 0 Å². The zero-order valence-electron chi connectivity index (χ0n) is 20.5. The zero-order valence-corrected chi connectivity index (χ0v) is 22.7. The van der Waals surface area contributed by atoms with Crippen LogP contribution in [0.1, 0.15) is 126 Å². The molecule has 33 heavy (non-hydrogen) atoms. The van der Waals surface area contributed by atoms with Gasteiger partial charge in [-0.25, -0.2) is 4.79 Å². The summed E-state index contributed by atoms with van der Waals surface area (Å²) >= 11 is -1.49. The maximum Gasteiger partial charge on any atom is 0.337 e. The van der Waals surface area contributed by atoms with E-state index in [0.717, 1.165) is 23.6 Å². The first-order valence-electron chi connectivity index (χ1n) is 13.2. The lowest BCUT2D eigenvalue weighted by atomic mass is 9.96. The quantitative estimate of drug-likeness (QED) is 0.136. The fourth-order valence-corrected chi connectivity index (χ4v) is 5.83. The van der Waals surface area contributed by atoms with Crippen LogP contribution in [0.2, 0.25) is 0 Å². The van der Waals surface area contributed by atoms with E-state index in [-0.39, 0.29) is 5.56 Å². The molecule has 0 aliphatic carbocycles. The highest BCUT2D eigenvalue weighted by Gasteiger charge is 2.16. The molecular formula is C29H43IO3. The Morgan fingerprint density at radius 2 is 1.21 bits per heavy atom. The number of aryl methyl sites for hydroxylation is 1. The smallest absolute Gasteiger partial charge is 0.337 e. The minimum atomic E-state index is -1.49. The van der Waals surface area contributed by atoms with Gasteiger partial charge in [-0.3, -0.25) is 3.07 Å². The summed E-state index contributed by atoms with van der Waals surface area (Å²) in [5.74, 6) is -0.981. The van der Waals surface area contributed by atoms with Gasteiger partial charge in [-0.15, -0.1) is 0 Å². The first kappa shape index (κ1) is 27.9. The van der Waals surface area contributed by atoms with Gasteiger partial charge in [0, 0.05) is 0 Å². The van der Waals surface area contributed by atoms with Crippen LogP contribution in [0.5, 0.6) is 0 Å². The average molecular weight is 567 g/mol. The largest absolute Gasteiger partial charge is 0.478 e. The molecule has 2 rings (SSSR count).